The van der Waals surface area contributed by atoms with Gasteiger partial charge in [0, 0.05) is 18.7 Å². The van der Waals surface area contributed by atoms with E-state index in [0.717, 1.165) is 41.1 Å². The molecule has 1 atom stereocenters. The summed E-state index contributed by atoms with van der Waals surface area (Å²) in [5, 5.41) is 0. The maximum Gasteiger partial charge on any atom is 0.306 e. The second-order valence-corrected chi connectivity index (χ2v) is 8.94. The Kier molecular flexibility index (Phi) is 8.60. The number of halogens is 1. The van der Waals surface area contributed by atoms with Crippen molar-refractivity contribution in [3.8, 4) is 5.75 Å². The Morgan fingerprint density at radius 2 is 2.13 bits per heavy atom. The number of nitrogens with zero attached hydrogens (tertiary/aromatic N) is 2. The van der Waals surface area contributed by atoms with Gasteiger partial charge in [0.25, 0.3) is 0 Å². The molecular formula is C24H33IN2O3. The van der Waals surface area contributed by atoms with Gasteiger partial charge in [0.15, 0.2) is 3.83 Å². The lowest BCUT2D eigenvalue weighted by atomic mass is 9.98. The summed E-state index contributed by atoms with van der Waals surface area (Å²) in [6, 6.07) is 6.32. The summed E-state index contributed by atoms with van der Waals surface area (Å²) in [5.41, 5.74) is 4.97. The minimum absolute atomic E-state index is 0.101. The van der Waals surface area contributed by atoms with E-state index in [2.05, 4.69) is 58.1 Å². The van der Waals surface area contributed by atoms with E-state index in [-0.39, 0.29) is 11.9 Å². The summed E-state index contributed by atoms with van der Waals surface area (Å²) < 4.78 is 14.6. The molecule has 0 fully saturated rings. The van der Waals surface area contributed by atoms with Crippen molar-refractivity contribution < 1.29 is 14.3 Å². The number of carbonyl (C=O) groups is 1. The Morgan fingerprint density at radius 3 is 2.90 bits per heavy atom. The van der Waals surface area contributed by atoms with Crippen molar-refractivity contribution in [1.29, 1.82) is 0 Å². The minimum atomic E-state index is -0.101. The van der Waals surface area contributed by atoms with Gasteiger partial charge in [0.05, 0.1) is 25.3 Å². The van der Waals surface area contributed by atoms with Crippen LogP contribution in [0.15, 0.2) is 18.2 Å². The summed E-state index contributed by atoms with van der Waals surface area (Å²) in [6.07, 6.45) is 6.99. The number of unbranched alkanes of at least 4 members (excludes halogenated alkanes) is 2. The molecule has 3 rings (SSSR count). The first-order valence-corrected chi connectivity index (χ1v) is 12.2. The summed E-state index contributed by atoms with van der Waals surface area (Å²) in [6.45, 7) is 8.29. The molecule has 5 nitrogen and oxygen atoms in total. The predicted molar refractivity (Wildman–Crippen MR) is 127 cm³/mol. The molecule has 1 aliphatic carbocycles. The molecule has 0 saturated heterocycles. The van der Waals surface area contributed by atoms with Crippen LogP contribution in [0.2, 0.25) is 0 Å². The van der Waals surface area contributed by atoms with E-state index < -0.39 is 0 Å². The molecule has 0 N–H and O–H groups in total. The van der Waals surface area contributed by atoms with Crippen LogP contribution in [0.25, 0.3) is 0 Å². The number of ether oxygens (including phenoxy) is 2. The lowest BCUT2D eigenvalue weighted by molar-refractivity contribution is -0.143. The van der Waals surface area contributed by atoms with E-state index in [1.807, 2.05) is 13.0 Å². The van der Waals surface area contributed by atoms with E-state index in [1.54, 1.807) is 0 Å². The molecular weight excluding hydrogens is 491 g/mol. The Morgan fingerprint density at radius 1 is 1.30 bits per heavy atom. The number of hydrogen-bond acceptors (Lipinski definition) is 4. The Labute approximate surface area is 193 Å². The van der Waals surface area contributed by atoms with Crippen LogP contribution in [0, 0.1) is 10.8 Å². The number of rotatable bonds is 11. The van der Waals surface area contributed by atoms with Crippen LogP contribution in [0.1, 0.15) is 74.4 Å². The van der Waals surface area contributed by atoms with E-state index in [4.69, 9.17) is 9.47 Å². The molecule has 164 valence electrons. The SMILES string of the molecule is CCCCCn1c(I)nc(C)c1CCOc1ccc2c(c1)CC[C@H]2CC(=O)OCC. The van der Waals surface area contributed by atoms with Crippen molar-refractivity contribution in [3.05, 3.63) is 44.5 Å². The Balaban J connectivity index is 1.57. The topological polar surface area (TPSA) is 53.4 Å². The molecule has 0 saturated carbocycles. The van der Waals surface area contributed by atoms with Gasteiger partial charge in [-0.15, -0.1) is 0 Å². The van der Waals surface area contributed by atoms with Gasteiger partial charge in [-0.2, -0.15) is 0 Å². The first-order chi connectivity index (χ1) is 14.5. The molecule has 2 aromatic rings. The Hall–Kier alpha value is -1.57. The van der Waals surface area contributed by atoms with E-state index in [1.165, 1.54) is 36.1 Å². The highest BCUT2D eigenvalue weighted by Gasteiger charge is 2.25. The van der Waals surface area contributed by atoms with Gasteiger partial charge in [0.1, 0.15) is 5.75 Å². The average Bonchev–Trinajstić information content (AvgIpc) is 3.23. The van der Waals surface area contributed by atoms with Crippen molar-refractivity contribution >= 4 is 28.6 Å². The molecule has 0 amide bonds. The van der Waals surface area contributed by atoms with Gasteiger partial charge in [-0.1, -0.05) is 25.8 Å². The number of esters is 1. The van der Waals surface area contributed by atoms with E-state index in [9.17, 15) is 4.79 Å². The quantitative estimate of drug-likeness (QED) is 0.219. The van der Waals surface area contributed by atoms with Crippen molar-refractivity contribution in [2.45, 2.75) is 78.2 Å². The van der Waals surface area contributed by atoms with Crippen LogP contribution in [0.3, 0.4) is 0 Å². The first-order valence-electron chi connectivity index (χ1n) is 11.2. The molecule has 6 heteroatoms. The molecule has 1 aliphatic rings. The van der Waals surface area contributed by atoms with Crippen LogP contribution >= 0.6 is 22.6 Å². The van der Waals surface area contributed by atoms with Gasteiger partial charge >= 0.3 is 5.97 Å². The van der Waals surface area contributed by atoms with Crippen LogP contribution in [0.5, 0.6) is 5.75 Å². The smallest absolute Gasteiger partial charge is 0.306 e. The van der Waals surface area contributed by atoms with E-state index in [0.29, 0.717) is 19.6 Å². The zero-order chi connectivity index (χ0) is 21.5. The first kappa shape index (κ1) is 23.1. The molecule has 0 bridgehead atoms. The lowest BCUT2D eigenvalue weighted by Gasteiger charge is -2.13. The van der Waals surface area contributed by atoms with Gasteiger partial charge in [-0.05, 0) is 84.9 Å². The molecule has 0 spiro atoms. The van der Waals surface area contributed by atoms with Crippen LogP contribution in [-0.4, -0.2) is 28.7 Å². The maximum absolute atomic E-state index is 11.8. The molecule has 0 radical (unpaired) electrons. The van der Waals surface area contributed by atoms with Gasteiger partial charge < -0.3 is 14.0 Å². The zero-order valence-corrected chi connectivity index (χ0v) is 20.5. The summed E-state index contributed by atoms with van der Waals surface area (Å²) in [7, 11) is 0. The maximum atomic E-state index is 11.8. The average molecular weight is 524 g/mol. The third-order valence-electron chi connectivity index (χ3n) is 5.85. The monoisotopic (exact) mass is 524 g/mol. The minimum Gasteiger partial charge on any atom is -0.493 e. The second kappa shape index (κ2) is 11.2. The number of imidazole rings is 1. The zero-order valence-electron chi connectivity index (χ0n) is 18.4. The largest absolute Gasteiger partial charge is 0.493 e. The number of aromatic nitrogens is 2. The second-order valence-electron chi connectivity index (χ2n) is 7.98. The number of hydrogen-bond donors (Lipinski definition) is 0. The van der Waals surface area contributed by atoms with Crippen molar-refractivity contribution in [3.63, 3.8) is 0 Å². The van der Waals surface area contributed by atoms with Gasteiger partial charge in [-0.3, -0.25) is 4.79 Å². The third-order valence-corrected chi connectivity index (χ3v) is 6.68. The Bertz CT molecular complexity index is 862. The molecule has 0 unspecified atom stereocenters. The summed E-state index contributed by atoms with van der Waals surface area (Å²) in [4.78, 5) is 16.5. The fourth-order valence-corrected chi connectivity index (χ4v) is 5.20. The third kappa shape index (κ3) is 5.77. The number of fused-ring (bicyclic) bond motifs is 1. The van der Waals surface area contributed by atoms with Crippen LogP contribution in [-0.2, 0) is 28.9 Å². The standard InChI is InChI=1S/C24H33IN2O3/c1-4-6-7-13-27-22(17(3)26-24(27)25)12-14-30-20-10-11-21-18(15-20)8-9-19(21)16-23(28)29-5-2/h10-11,15,19H,4-9,12-14,16H2,1-3H3/t19-/m0/s1. The van der Waals surface area contributed by atoms with Crippen LogP contribution in [0.4, 0.5) is 0 Å². The van der Waals surface area contributed by atoms with Crippen molar-refractivity contribution in [2.75, 3.05) is 13.2 Å². The molecule has 1 aromatic carbocycles. The fraction of sp³-hybridized carbons (Fsp3) is 0.583. The summed E-state index contributed by atoms with van der Waals surface area (Å²) >= 11 is 2.33. The van der Waals surface area contributed by atoms with Crippen molar-refractivity contribution in [1.82, 2.24) is 9.55 Å². The molecule has 1 heterocycles. The number of benzene rings is 1. The highest BCUT2D eigenvalue weighted by molar-refractivity contribution is 14.1. The fourth-order valence-electron chi connectivity index (χ4n) is 4.30. The molecule has 1 aromatic heterocycles. The highest BCUT2D eigenvalue weighted by atomic mass is 127. The summed E-state index contributed by atoms with van der Waals surface area (Å²) in [5.74, 6) is 1.08. The normalized spacial score (nSPS) is 15.3. The number of carbonyl (C=O) groups excluding carboxylic acids is 1. The van der Waals surface area contributed by atoms with Crippen LogP contribution < -0.4 is 4.74 Å². The number of aryl methyl sites for hydroxylation is 2. The van der Waals surface area contributed by atoms with Gasteiger partial charge in [-0.25, -0.2) is 4.98 Å². The predicted octanol–water partition coefficient (Wildman–Crippen LogP) is 5.59. The van der Waals surface area contributed by atoms with E-state index >= 15 is 0 Å². The lowest BCUT2D eigenvalue weighted by Crippen LogP contribution is -2.10. The highest BCUT2D eigenvalue weighted by Crippen LogP contribution is 2.37. The molecule has 30 heavy (non-hydrogen) atoms. The van der Waals surface area contributed by atoms with Gasteiger partial charge in [0.2, 0.25) is 0 Å². The van der Waals surface area contributed by atoms with Crippen molar-refractivity contribution in [2.24, 2.45) is 0 Å². The molecule has 0 aliphatic heterocycles.